The van der Waals surface area contributed by atoms with Crippen LogP contribution in [0.3, 0.4) is 0 Å². The zero-order valence-corrected chi connectivity index (χ0v) is 8.78. The SMILES string of the molecule is O=C1[C@@H]2[C@H]3C[C@@H]4[C@@H]5[C@H]([C@@H](Br)[C@@H]42)[C@@H]1[C@H]35. The minimum Gasteiger partial charge on any atom is -0.299 e. The predicted molar refractivity (Wildman–Crippen MR) is 50.3 cm³/mol. The van der Waals surface area contributed by atoms with Gasteiger partial charge in [-0.15, -0.1) is 0 Å². The van der Waals surface area contributed by atoms with E-state index in [1.54, 1.807) is 0 Å². The maximum Gasteiger partial charge on any atom is 0.140 e. The topological polar surface area (TPSA) is 17.1 Å². The lowest BCUT2D eigenvalue weighted by molar-refractivity contribution is -0.132. The van der Waals surface area contributed by atoms with E-state index >= 15 is 0 Å². The van der Waals surface area contributed by atoms with E-state index in [9.17, 15) is 4.79 Å². The van der Waals surface area contributed by atoms with E-state index in [-0.39, 0.29) is 0 Å². The van der Waals surface area contributed by atoms with Gasteiger partial charge in [-0.2, -0.15) is 0 Å². The number of alkyl halides is 1. The molecule has 0 heterocycles. The summed E-state index contributed by atoms with van der Waals surface area (Å²) in [7, 11) is 0. The van der Waals surface area contributed by atoms with Gasteiger partial charge >= 0.3 is 0 Å². The molecule has 0 amide bonds. The molecule has 5 fully saturated rings. The Morgan fingerprint density at radius 3 is 2.69 bits per heavy atom. The maximum absolute atomic E-state index is 12.0. The van der Waals surface area contributed by atoms with Crippen LogP contribution in [0.15, 0.2) is 0 Å². The number of halogens is 1. The molecule has 5 rings (SSSR count). The van der Waals surface area contributed by atoms with Crippen LogP contribution in [0.2, 0.25) is 0 Å². The number of carbonyl (C=O) groups excluding carboxylic acids is 1. The highest BCUT2D eigenvalue weighted by Gasteiger charge is 2.83. The third-order valence-electron chi connectivity index (χ3n) is 6.01. The van der Waals surface area contributed by atoms with E-state index < -0.39 is 0 Å². The summed E-state index contributed by atoms with van der Waals surface area (Å²) in [5.41, 5.74) is 0. The molecule has 0 N–H and O–H groups in total. The molecule has 2 heteroatoms. The number of rotatable bonds is 0. The molecule has 0 aromatic carbocycles. The van der Waals surface area contributed by atoms with Crippen LogP contribution in [0.4, 0.5) is 0 Å². The van der Waals surface area contributed by atoms with Crippen LogP contribution >= 0.6 is 15.9 Å². The van der Waals surface area contributed by atoms with Gasteiger partial charge < -0.3 is 0 Å². The number of Topliss-reactive ketones (excluding diaryl/α,β-unsaturated/α-hetero) is 1. The van der Waals surface area contributed by atoms with Gasteiger partial charge in [-0.3, -0.25) is 4.79 Å². The first-order valence-electron chi connectivity index (χ1n) is 5.48. The second-order valence-corrected chi connectivity index (χ2v) is 6.83. The fourth-order valence-corrected chi connectivity index (χ4v) is 7.45. The lowest BCUT2D eigenvalue weighted by Crippen LogP contribution is -2.48. The van der Waals surface area contributed by atoms with Crippen molar-refractivity contribution in [1.29, 1.82) is 0 Å². The number of fused-ring (bicyclic) bond motifs is 2. The second-order valence-electron chi connectivity index (χ2n) is 5.77. The Morgan fingerprint density at radius 1 is 1.00 bits per heavy atom. The van der Waals surface area contributed by atoms with Crippen molar-refractivity contribution in [3.63, 3.8) is 0 Å². The highest BCUT2D eigenvalue weighted by molar-refractivity contribution is 9.09. The van der Waals surface area contributed by atoms with E-state index in [0.717, 1.165) is 40.3 Å². The highest BCUT2D eigenvalue weighted by atomic mass is 79.9. The van der Waals surface area contributed by atoms with Gasteiger partial charge in [0.25, 0.3) is 0 Å². The summed E-state index contributed by atoms with van der Waals surface area (Å²) in [4.78, 5) is 12.7. The molecule has 68 valence electrons. The van der Waals surface area contributed by atoms with Crippen LogP contribution in [0.25, 0.3) is 0 Å². The minimum absolute atomic E-state index is 0.513. The zero-order chi connectivity index (χ0) is 8.48. The first-order chi connectivity index (χ1) is 6.30. The van der Waals surface area contributed by atoms with E-state index in [0.29, 0.717) is 17.6 Å². The first kappa shape index (κ1) is 6.60. The average Bonchev–Trinajstić information content (AvgIpc) is 2.52. The second kappa shape index (κ2) is 1.56. The fourth-order valence-electron chi connectivity index (χ4n) is 6.05. The van der Waals surface area contributed by atoms with Crippen LogP contribution in [-0.2, 0) is 4.79 Å². The number of hydrogen-bond acceptors (Lipinski definition) is 1. The molecule has 1 nitrogen and oxygen atoms in total. The Balaban J connectivity index is 1.87. The average molecular weight is 239 g/mol. The van der Waals surface area contributed by atoms with Gasteiger partial charge in [0.05, 0.1) is 0 Å². The number of carbonyl (C=O) groups is 1. The first-order valence-corrected chi connectivity index (χ1v) is 6.40. The van der Waals surface area contributed by atoms with E-state index in [4.69, 9.17) is 0 Å². The van der Waals surface area contributed by atoms with Crippen LogP contribution < -0.4 is 0 Å². The zero-order valence-electron chi connectivity index (χ0n) is 7.19. The Labute approximate surface area is 85.4 Å². The standard InChI is InChI=1S/C11H11BrO/c12-10-6-2-1-3-5-4(2)8(10)9(5)11(13)7(3)6/h2-10H,1H2/t2-,3+,4+,5-,6+,7-,8+,9+,10+/m1/s1. The Kier molecular flexibility index (Phi) is 0.790. The fraction of sp³-hybridized carbons (Fsp3) is 0.909. The third kappa shape index (κ3) is 0.397. The van der Waals surface area contributed by atoms with Crippen LogP contribution in [0.1, 0.15) is 6.42 Å². The Bertz CT molecular complexity index is 352. The molecule has 0 aliphatic heterocycles. The monoisotopic (exact) mass is 238 g/mol. The molecule has 0 aromatic rings. The molecular formula is C11H11BrO. The smallest absolute Gasteiger partial charge is 0.140 e. The summed E-state index contributed by atoms with van der Waals surface area (Å²) in [6.07, 6.45) is 1.41. The predicted octanol–water partition coefficient (Wildman–Crippen LogP) is 1.71. The van der Waals surface area contributed by atoms with Gasteiger partial charge in [-0.25, -0.2) is 0 Å². The van der Waals surface area contributed by atoms with Gasteiger partial charge in [0.15, 0.2) is 0 Å². The molecule has 0 spiro atoms. The quantitative estimate of drug-likeness (QED) is 0.588. The maximum atomic E-state index is 12.0. The molecule has 0 saturated heterocycles. The van der Waals surface area contributed by atoms with Gasteiger partial charge in [0.2, 0.25) is 0 Å². The summed E-state index contributed by atoms with van der Waals surface area (Å²) in [5, 5.41) is 0. The van der Waals surface area contributed by atoms with E-state index in [1.807, 2.05) is 0 Å². The van der Waals surface area contributed by atoms with Gasteiger partial charge in [0.1, 0.15) is 5.78 Å². The summed E-state index contributed by atoms with van der Waals surface area (Å²) in [5.74, 6) is 6.90. The largest absolute Gasteiger partial charge is 0.299 e. The Hall–Kier alpha value is 0.150. The van der Waals surface area contributed by atoms with Crippen molar-refractivity contribution in [2.24, 2.45) is 47.3 Å². The minimum atomic E-state index is 0.513. The van der Waals surface area contributed by atoms with Gasteiger partial charge in [0, 0.05) is 16.7 Å². The number of hydrogen-bond donors (Lipinski definition) is 0. The number of ketones is 1. The summed E-state index contributed by atoms with van der Waals surface area (Å²) in [6.45, 7) is 0. The van der Waals surface area contributed by atoms with Gasteiger partial charge in [-0.05, 0) is 41.9 Å². The van der Waals surface area contributed by atoms with E-state index in [2.05, 4.69) is 15.9 Å². The van der Waals surface area contributed by atoms with Crippen molar-refractivity contribution in [3.8, 4) is 0 Å². The molecule has 13 heavy (non-hydrogen) atoms. The van der Waals surface area contributed by atoms with Crippen molar-refractivity contribution in [3.05, 3.63) is 0 Å². The molecule has 5 aliphatic carbocycles. The van der Waals surface area contributed by atoms with Crippen LogP contribution in [0.5, 0.6) is 0 Å². The summed E-state index contributed by atoms with van der Waals surface area (Å²) < 4.78 is 0. The molecule has 5 aliphatic rings. The van der Waals surface area contributed by atoms with Crippen molar-refractivity contribution >= 4 is 21.7 Å². The highest BCUT2D eigenvalue weighted by Crippen LogP contribution is 2.82. The van der Waals surface area contributed by atoms with Crippen LogP contribution in [0, 0.1) is 47.3 Å². The van der Waals surface area contributed by atoms with E-state index in [1.165, 1.54) is 6.42 Å². The van der Waals surface area contributed by atoms with Gasteiger partial charge in [-0.1, -0.05) is 15.9 Å². The summed E-state index contributed by atoms with van der Waals surface area (Å²) in [6, 6.07) is 0. The van der Waals surface area contributed by atoms with Crippen molar-refractivity contribution in [2.45, 2.75) is 11.2 Å². The van der Waals surface area contributed by atoms with Crippen LogP contribution in [-0.4, -0.2) is 10.6 Å². The Morgan fingerprint density at radius 2 is 1.85 bits per heavy atom. The molecule has 2 bridgehead atoms. The van der Waals surface area contributed by atoms with Crippen molar-refractivity contribution in [1.82, 2.24) is 0 Å². The lowest BCUT2D eigenvalue weighted by Gasteiger charge is -2.45. The molecule has 0 aromatic heterocycles. The molecular weight excluding hydrogens is 228 g/mol. The molecule has 5 saturated carbocycles. The molecule has 0 unspecified atom stereocenters. The van der Waals surface area contributed by atoms with Crippen molar-refractivity contribution < 1.29 is 4.79 Å². The summed E-state index contributed by atoms with van der Waals surface area (Å²) >= 11 is 3.86. The third-order valence-corrected chi connectivity index (χ3v) is 7.24. The molecule has 9 atom stereocenters. The molecule has 0 radical (unpaired) electrons. The van der Waals surface area contributed by atoms with Crippen molar-refractivity contribution in [2.75, 3.05) is 0 Å². The lowest BCUT2D eigenvalue weighted by atomic mass is 9.59. The normalized spacial score (nSPS) is 79.8.